The van der Waals surface area contributed by atoms with Crippen LogP contribution in [0.25, 0.3) is 0 Å². The van der Waals surface area contributed by atoms with Crippen molar-refractivity contribution in [2.75, 3.05) is 44.7 Å². The van der Waals surface area contributed by atoms with E-state index in [1.165, 1.54) is 29.2 Å². The zero-order valence-electron chi connectivity index (χ0n) is 22.6. The number of anilines is 1. The van der Waals surface area contributed by atoms with E-state index in [4.69, 9.17) is 0 Å². The smallest absolute Gasteiger partial charge is 0.138 e. The van der Waals surface area contributed by atoms with Gasteiger partial charge < -0.3 is 10.0 Å². The van der Waals surface area contributed by atoms with Gasteiger partial charge in [-0.15, -0.1) is 5.10 Å². The van der Waals surface area contributed by atoms with E-state index >= 15 is 0 Å². The Balaban J connectivity index is 1.19. The first-order valence-electron chi connectivity index (χ1n) is 13.3. The van der Waals surface area contributed by atoms with Crippen molar-refractivity contribution < 1.29 is 18.3 Å². The van der Waals surface area contributed by atoms with Crippen LogP contribution in [0.5, 0.6) is 0 Å². The third-order valence-corrected chi connectivity index (χ3v) is 8.05. The third kappa shape index (κ3) is 7.31. The van der Waals surface area contributed by atoms with Crippen molar-refractivity contribution in [3.63, 3.8) is 0 Å². The molecular weight excluding hydrogens is 599 g/mol. The average Bonchev–Trinajstić information content (AvgIpc) is 3.43. The molecule has 216 valence electrons. The number of aromatic nitrogens is 4. The third-order valence-electron chi connectivity index (χ3n) is 7.31. The standard InChI is InChI=1S/C29H31BrF3N7O/c1-37(18-29(41,19-40-20-34-35-36-40)26-9-6-24(32)15-28(26)33)16-21-2-7-25(8-3-21)39-12-10-38(11-13-39)17-22-4-5-23(31)14-27(22)30/h2-9,14-15,20,41H,10-13,16-19H2,1H3. The van der Waals surface area contributed by atoms with Crippen LogP contribution in [0.15, 0.2) is 71.5 Å². The molecule has 0 amide bonds. The van der Waals surface area contributed by atoms with E-state index in [-0.39, 0.29) is 24.5 Å². The predicted molar refractivity (Wildman–Crippen MR) is 152 cm³/mol. The SMILES string of the molecule is CN(Cc1ccc(N2CCN(Cc3ccc(F)cc3Br)CC2)cc1)CC(O)(Cn1cnnn1)c1ccc(F)cc1F. The molecule has 0 radical (unpaired) electrons. The Morgan fingerprint density at radius 2 is 1.66 bits per heavy atom. The van der Waals surface area contributed by atoms with Crippen LogP contribution in [0.1, 0.15) is 16.7 Å². The highest BCUT2D eigenvalue weighted by Crippen LogP contribution is 2.28. The van der Waals surface area contributed by atoms with Gasteiger partial charge in [-0.05, 0) is 58.9 Å². The Labute approximate surface area is 245 Å². The molecule has 0 aliphatic carbocycles. The number of aliphatic hydroxyl groups is 1. The second-order valence-electron chi connectivity index (χ2n) is 10.5. The van der Waals surface area contributed by atoms with E-state index in [9.17, 15) is 18.3 Å². The summed E-state index contributed by atoms with van der Waals surface area (Å²) in [5.74, 6) is -1.79. The van der Waals surface area contributed by atoms with E-state index in [2.05, 4.69) is 53.4 Å². The van der Waals surface area contributed by atoms with Crippen molar-refractivity contribution in [1.29, 1.82) is 0 Å². The molecule has 2 heterocycles. The number of piperazine rings is 1. The van der Waals surface area contributed by atoms with Gasteiger partial charge in [0.15, 0.2) is 0 Å². The van der Waals surface area contributed by atoms with Crippen molar-refractivity contribution in [3.05, 3.63) is 106 Å². The lowest BCUT2D eigenvalue weighted by atomic mass is 9.92. The van der Waals surface area contributed by atoms with E-state index < -0.39 is 17.2 Å². The lowest BCUT2D eigenvalue weighted by Crippen LogP contribution is -2.46. The molecule has 1 unspecified atom stereocenters. The van der Waals surface area contributed by atoms with Gasteiger partial charge in [0.1, 0.15) is 29.4 Å². The molecule has 0 spiro atoms. The first kappa shape index (κ1) is 29.2. The summed E-state index contributed by atoms with van der Waals surface area (Å²) in [6, 6.07) is 16.2. The van der Waals surface area contributed by atoms with Gasteiger partial charge in [0.05, 0.1) is 6.54 Å². The van der Waals surface area contributed by atoms with Crippen LogP contribution in [-0.2, 0) is 25.2 Å². The molecule has 0 saturated carbocycles. The molecule has 0 bridgehead atoms. The van der Waals surface area contributed by atoms with Gasteiger partial charge in [-0.3, -0.25) is 9.80 Å². The Bertz CT molecular complexity index is 1450. The van der Waals surface area contributed by atoms with E-state index in [0.717, 1.165) is 66.1 Å². The fourth-order valence-electron chi connectivity index (χ4n) is 5.29. The Morgan fingerprint density at radius 3 is 2.32 bits per heavy atom. The molecular formula is C29H31BrF3N7O. The maximum absolute atomic E-state index is 14.7. The average molecular weight is 631 g/mol. The summed E-state index contributed by atoms with van der Waals surface area (Å²) in [4.78, 5) is 6.58. The van der Waals surface area contributed by atoms with Crippen molar-refractivity contribution in [3.8, 4) is 0 Å². The largest absolute Gasteiger partial charge is 0.382 e. The zero-order chi connectivity index (χ0) is 29.0. The highest BCUT2D eigenvalue weighted by molar-refractivity contribution is 9.10. The van der Waals surface area contributed by atoms with Crippen molar-refractivity contribution in [2.45, 2.75) is 25.2 Å². The highest BCUT2D eigenvalue weighted by atomic mass is 79.9. The minimum absolute atomic E-state index is 0.0254. The number of rotatable bonds is 10. The first-order valence-corrected chi connectivity index (χ1v) is 14.1. The first-order chi connectivity index (χ1) is 19.7. The summed E-state index contributed by atoms with van der Waals surface area (Å²) < 4.78 is 43.8. The van der Waals surface area contributed by atoms with Gasteiger partial charge in [0.2, 0.25) is 0 Å². The number of tetrazole rings is 1. The molecule has 41 heavy (non-hydrogen) atoms. The number of benzene rings is 3. The van der Waals surface area contributed by atoms with Crippen LogP contribution in [-0.4, -0.2) is 74.9 Å². The molecule has 12 heteroatoms. The van der Waals surface area contributed by atoms with Gasteiger partial charge in [0, 0.05) is 67.6 Å². The van der Waals surface area contributed by atoms with Crippen molar-refractivity contribution in [1.82, 2.24) is 30.0 Å². The molecule has 4 aromatic rings. The van der Waals surface area contributed by atoms with Gasteiger partial charge in [-0.2, -0.15) is 0 Å². The molecule has 3 aromatic carbocycles. The van der Waals surface area contributed by atoms with Crippen LogP contribution in [0, 0.1) is 17.5 Å². The number of hydrogen-bond donors (Lipinski definition) is 1. The van der Waals surface area contributed by atoms with E-state index in [1.807, 2.05) is 30.1 Å². The van der Waals surface area contributed by atoms with E-state index in [1.54, 1.807) is 0 Å². The second-order valence-corrected chi connectivity index (χ2v) is 11.4. The van der Waals surface area contributed by atoms with Gasteiger partial charge in [0.25, 0.3) is 0 Å². The molecule has 1 aliphatic rings. The van der Waals surface area contributed by atoms with E-state index in [0.29, 0.717) is 6.54 Å². The number of likely N-dealkylation sites (N-methyl/N-ethyl adjacent to an activating group) is 1. The Hall–Kier alpha value is -3.32. The minimum Gasteiger partial charge on any atom is -0.382 e. The lowest BCUT2D eigenvalue weighted by molar-refractivity contribution is -0.0178. The number of nitrogens with zero attached hydrogens (tertiary/aromatic N) is 7. The molecule has 8 nitrogen and oxygen atoms in total. The van der Waals surface area contributed by atoms with Crippen LogP contribution < -0.4 is 4.90 Å². The van der Waals surface area contributed by atoms with Crippen molar-refractivity contribution in [2.24, 2.45) is 0 Å². The van der Waals surface area contributed by atoms with Crippen LogP contribution in [0.2, 0.25) is 0 Å². The van der Waals surface area contributed by atoms with Gasteiger partial charge in [-0.25, -0.2) is 17.9 Å². The summed E-state index contributed by atoms with van der Waals surface area (Å²) in [7, 11) is 1.83. The van der Waals surface area contributed by atoms with Gasteiger partial charge in [-0.1, -0.05) is 40.2 Å². The van der Waals surface area contributed by atoms with Crippen molar-refractivity contribution >= 4 is 21.6 Å². The highest BCUT2D eigenvalue weighted by Gasteiger charge is 2.35. The fourth-order valence-corrected chi connectivity index (χ4v) is 5.77. The number of halogens is 4. The Morgan fingerprint density at radius 1 is 0.951 bits per heavy atom. The summed E-state index contributed by atoms with van der Waals surface area (Å²) in [6.07, 6.45) is 1.34. The second kappa shape index (κ2) is 12.7. The predicted octanol–water partition coefficient (Wildman–Crippen LogP) is 4.19. The molecule has 5 rings (SSSR count). The van der Waals surface area contributed by atoms with Crippen LogP contribution in [0.3, 0.4) is 0 Å². The fraction of sp³-hybridized carbons (Fsp3) is 0.345. The van der Waals surface area contributed by atoms with Crippen LogP contribution in [0.4, 0.5) is 18.9 Å². The summed E-state index contributed by atoms with van der Waals surface area (Å²) in [6.45, 7) is 4.78. The zero-order valence-corrected chi connectivity index (χ0v) is 24.2. The quantitative estimate of drug-likeness (QED) is 0.282. The number of hydrogen-bond acceptors (Lipinski definition) is 7. The lowest BCUT2D eigenvalue weighted by Gasteiger charge is -2.36. The molecule has 1 atom stereocenters. The minimum atomic E-state index is -1.70. The summed E-state index contributed by atoms with van der Waals surface area (Å²) >= 11 is 3.46. The molecule has 1 aromatic heterocycles. The normalized spacial score (nSPS) is 15.8. The Kier molecular flexibility index (Phi) is 9.03. The molecule has 1 aliphatic heterocycles. The monoisotopic (exact) mass is 629 g/mol. The molecule has 1 N–H and O–H groups in total. The van der Waals surface area contributed by atoms with Crippen LogP contribution >= 0.6 is 15.9 Å². The maximum Gasteiger partial charge on any atom is 0.138 e. The summed E-state index contributed by atoms with van der Waals surface area (Å²) in [5.41, 5.74) is 1.50. The summed E-state index contributed by atoms with van der Waals surface area (Å²) in [5, 5.41) is 22.6. The van der Waals surface area contributed by atoms with Gasteiger partial charge >= 0.3 is 0 Å². The topological polar surface area (TPSA) is 73.6 Å². The molecule has 1 saturated heterocycles. The molecule has 1 fully saturated rings. The maximum atomic E-state index is 14.7.